The summed E-state index contributed by atoms with van der Waals surface area (Å²) >= 11 is 0. The van der Waals surface area contributed by atoms with Crippen LogP contribution >= 0.6 is 0 Å². The Bertz CT molecular complexity index is 805. The molecular formula is C22H25NO4. The smallest absolute Gasteiger partial charge is 0.339 e. The summed E-state index contributed by atoms with van der Waals surface area (Å²) in [5.74, 6) is -0.688. The predicted molar refractivity (Wildman–Crippen MR) is 103 cm³/mol. The fraction of sp³-hybridized carbons (Fsp3) is 0.364. The Hall–Kier alpha value is -2.66. The molecule has 0 aromatic heterocycles. The van der Waals surface area contributed by atoms with Crippen LogP contribution in [0.3, 0.4) is 0 Å². The molecule has 1 saturated heterocycles. The standard InChI is InChI=1S/C22H25NO4/c1-15-8-10-18(11-9-15)19-6-4-5-7-20(19)22(25)26-14-21(24)23-12-16(2)27-17(3)13-23/h4-11,16-17H,12-14H2,1-3H3. The minimum absolute atomic E-state index is 0.0179. The molecule has 142 valence electrons. The molecule has 2 aromatic rings. The van der Waals surface area contributed by atoms with E-state index in [4.69, 9.17) is 9.47 Å². The van der Waals surface area contributed by atoms with Gasteiger partial charge < -0.3 is 14.4 Å². The maximum Gasteiger partial charge on any atom is 0.339 e. The first kappa shape index (κ1) is 19.1. The molecule has 1 heterocycles. The molecule has 0 spiro atoms. The van der Waals surface area contributed by atoms with E-state index < -0.39 is 5.97 Å². The molecule has 1 aliphatic rings. The number of amides is 1. The van der Waals surface area contributed by atoms with Gasteiger partial charge in [0.05, 0.1) is 17.8 Å². The summed E-state index contributed by atoms with van der Waals surface area (Å²) in [7, 11) is 0. The van der Waals surface area contributed by atoms with E-state index in [-0.39, 0.29) is 24.7 Å². The van der Waals surface area contributed by atoms with Crippen LogP contribution in [0.25, 0.3) is 11.1 Å². The Morgan fingerprint density at radius 3 is 2.33 bits per heavy atom. The van der Waals surface area contributed by atoms with E-state index in [1.807, 2.05) is 57.2 Å². The topological polar surface area (TPSA) is 55.8 Å². The number of hydrogen-bond acceptors (Lipinski definition) is 4. The fourth-order valence-electron chi connectivity index (χ4n) is 3.32. The number of rotatable bonds is 4. The molecule has 5 nitrogen and oxygen atoms in total. The van der Waals surface area contributed by atoms with Gasteiger partial charge in [-0.2, -0.15) is 0 Å². The third-order valence-corrected chi connectivity index (χ3v) is 4.61. The summed E-state index contributed by atoms with van der Waals surface area (Å²) < 4.78 is 11.0. The maximum absolute atomic E-state index is 12.6. The highest BCUT2D eigenvalue weighted by molar-refractivity contribution is 5.98. The number of carbonyl (C=O) groups excluding carboxylic acids is 2. The lowest BCUT2D eigenvalue weighted by Gasteiger charge is -2.35. The lowest BCUT2D eigenvalue weighted by atomic mass is 9.99. The van der Waals surface area contributed by atoms with Crippen LogP contribution in [0.5, 0.6) is 0 Å². The van der Waals surface area contributed by atoms with Gasteiger partial charge in [0.15, 0.2) is 6.61 Å². The van der Waals surface area contributed by atoms with E-state index >= 15 is 0 Å². The summed E-state index contributed by atoms with van der Waals surface area (Å²) in [5.41, 5.74) is 3.34. The van der Waals surface area contributed by atoms with Gasteiger partial charge in [-0.25, -0.2) is 4.79 Å². The van der Waals surface area contributed by atoms with E-state index in [1.54, 1.807) is 17.0 Å². The van der Waals surface area contributed by atoms with Gasteiger partial charge in [0.25, 0.3) is 5.91 Å². The molecule has 1 aliphatic heterocycles. The average Bonchev–Trinajstić information content (AvgIpc) is 2.65. The molecule has 0 bridgehead atoms. The largest absolute Gasteiger partial charge is 0.452 e. The van der Waals surface area contributed by atoms with Crippen molar-refractivity contribution in [2.24, 2.45) is 0 Å². The van der Waals surface area contributed by atoms with Crippen molar-refractivity contribution in [3.8, 4) is 11.1 Å². The third-order valence-electron chi connectivity index (χ3n) is 4.61. The first-order chi connectivity index (χ1) is 12.9. The molecule has 0 N–H and O–H groups in total. The SMILES string of the molecule is Cc1ccc(-c2ccccc2C(=O)OCC(=O)N2CC(C)OC(C)C2)cc1. The minimum atomic E-state index is -0.492. The lowest BCUT2D eigenvalue weighted by molar-refractivity contribution is -0.146. The number of morpholine rings is 1. The van der Waals surface area contributed by atoms with Gasteiger partial charge in [-0.1, -0.05) is 48.0 Å². The van der Waals surface area contributed by atoms with Crippen molar-refractivity contribution in [3.63, 3.8) is 0 Å². The normalized spacial score (nSPS) is 19.6. The third kappa shape index (κ3) is 4.74. The van der Waals surface area contributed by atoms with Crippen LogP contribution in [-0.2, 0) is 14.3 Å². The number of benzene rings is 2. The molecule has 0 aliphatic carbocycles. The second kappa shape index (κ2) is 8.35. The molecule has 5 heteroatoms. The van der Waals surface area contributed by atoms with E-state index in [9.17, 15) is 9.59 Å². The highest BCUT2D eigenvalue weighted by atomic mass is 16.5. The fourth-order valence-corrected chi connectivity index (χ4v) is 3.32. The van der Waals surface area contributed by atoms with Crippen LogP contribution in [0.1, 0.15) is 29.8 Å². The number of hydrogen-bond donors (Lipinski definition) is 0. The number of carbonyl (C=O) groups is 2. The van der Waals surface area contributed by atoms with Crippen LogP contribution in [0.2, 0.25) is 0 Å². The molecule has 0 radical (unpaired) electrons. The zero-order valence-electron chi connectivity index (χ0n) is 16.0. The van der Waals surface area contributed by atoms with Crippen LogP contribution in [0, 0.1) is 6.92 Å². The number of ether oxygens (including phenoxy) is 2. The van der Waals surface area contributed by atoms with Gasteiger partial charge in [0, 0.05) is 13.1 Å². The van der Waals surface area contributed by atoms with Crippen LogP contribution in [0.15, 0.2) is 48.5 Å². The molecule has 1 fully saturated rings. The van der Waals surface area contributed by atoms with Crippen molar-refractivity contribution in [1.82, 2.24) is 4.90 Å². The summed E-state index contributed by atoms with van der Waals surface area (Å²) in [6.45, 7) is 6.64. The highest BCUT2D eigenvalue weighted by Crippen LogP contribution is 2.24. The quantitative estimate of drug-likeness (QED) is 0.777. The Morgan fingerprint density at radius 1 is 1.04 bits per heavy atom. The number of aryl methyl sites for hydroxylation is 1. The van der Waals surface area contributed by atoms with Crippen LogP contribution < -0.4 is 0 Å². The molecule has 3 rings (SSSR count). The first-order valence-electron chi connectivity index (χ1n) is 9.20. The molecule has 2 atom stereocenters. The summed E-state index contributed by atoms with van der Waals surface area (Å²) in [4.78, 5) is 26.7. The maximum atomic E-state index is 12.6. The van der Waals surface area contributed by atoms with E-state index in [0.717, 1.165) is 16.7 Å². The Morgan fingerprint density at radius 2 is 1.67 bits per heavy atom. The zero-order valence-corrected chi connectivity index (χ0v) is 16.0. The van der Waals surface area contributed by atoms with Crippen molar-refractivity contribution in [2.75, 3.05) is 19.7 Å². The second-order valence-corrected chi connectivity index (χ2v) is 7.04. The summed E-state index contributed by atoms with van der Waals surface area (Å²) in [6.07, 6.45) is -0.0358. The highest BCUT2D eigenvalue weighted by Gasteiger charge is 2.26. The summed E-state index contributed by atoms with van der Waals surface area (Å²) in [6, 6.07) is 15.2. The molecule has 1 amide bonds. The van der Waals surface area contributed by atoms with Gasteiger partial charge in [-0.3, -0.25) is 4.79 Å². The summed E-state index contributed by atoms with van der Waals surface area (Å²) in [5, 5.41) is 0. The van der Waals surface area contributed by atoms with Crippen molar-refractivity contribution in [3.05, 3.63) is 59.7 Å². The van der Waals surface area contributed by atoms with E-state index in [0.29, 0.717) is 18.7 Å². The Kier molecular flexibility index (Phi) is 5.91. The van der Waals surface area contributed by atoms with Gasteiger partial charge in [0.2, 0.25) is 0 Å². The number of esters is 1. The van der Waals surface area contributed by atoms with Crippen molar-refractivity contribution >= 4 is 11.9 Å². The van der Waals surface area contributed by atoms with Crippen molar-refractivity contribution < 1.29 is 19.1 Å². The first-order valence-corrected chi connectivity index (χ1v) is 9.20. The number of nitrogens with zero attached hydrogens (tertiary/aromatic N) is 1. The van der Waals surface area contributed by atoms with Crippen LogP contribution in [0.4, 0.5) is 0 Å². The van der Waals surface area contributed by atoms with Gasteiger partial charge >= 0.3 is 5.97 Å². The van der Waals surface area contributed by atoms with Gasteiger partial charge in [-0.05, 0) is 38.0 Å². The zero-order chi connectivity index (χ0) is 19.4. The molecule has 0 saturated carbocycles. The molecule has 27 heavy (non-hydrogen) atoms. The Labute approximate surface area is 159 Å². The predicted octanol–water partition coefficient (Wildman–Crippen LogP) is 3.45. The van der Waals surface area contributed by atoms with E-state index in [2.05, 4.69) is 0 Å². The lowest BCUT2D eigenvalue weighted by Crippen LogP contribution is -2.49. The average molecular weight is 367 g/mol. The minimum Gasteiger partial charge on any atom is -0.452 e. The van der Waals surface area contributed by atoms with Crippen LogP contribution in [-0.4, -0.2) is 48.7 Å². The molecule has 2 aromatic carbocycles. The van der Waals surface area contributed by atoms with Crippen molar-refractivity contribution in [1.29, 1.82) is 0 Å². The second-order valence-electron chi connectivity index (χ2n) is 7.04. The van der Waals surface area contributed by atoms with Gasteiger partial charge in [0.1, 0.15) is 0 Å². The van der Waals surface area contributed by atoms with E-state index in [1.165, 1.54) is 0 Å². The van der Waals surface area contributed by atoms with Crippen molar-refractivity contribution in [2.45, 2.75) is 33.0 Å². The monoisotopic (exact) mass is 367 g/mol. The Balaban J connectivity index is 1.68. The molecule has 2 unspecified atom stereocenters. The van der Waals surface area contributed by atoms with Gasteiger partial charge in [-0.15, -0.1) is 0 Å². The molecular weight excluding hydrogens is 342 g/mol.